The van der Waals surface area contributed by atoms with Crippen molar-refractivity contribution in [1.29, 1.82) is 0 Å². The van der Waals surface area contributed by atoms with Crippen molar-refractivity contribution in [2.75, 3.05) is 0 Å². The molecule has 7 heteroatoms. The molecule has 0 amide bonds. The van der Waals surface area contributed by atoms with Crippen LogP contribution < -0.4 is 5.32 Å². The Morgan fingerprint density at radius 1 is 1.30 bits per heavy atom. The molecule has 3 aromatic rings. The van der Waals surface area contributed by atoms with E-state index in [9.17, 15) is 0 Å². The average molecular weight is 324 g/mol. The molecular formula is C13H16N4S3. The highest BCUT2D eigenvalue weighted by Gasteiger charge is 2.17. The molecule has 0 radical (unpaired) electrons. The highest BCUT2D eigenvalue weighted by molar-refractivity contribution is 8.01. The molecule has 106 valence electrons. The van der Waals surface area contributed by atoms with E-state index in [0.29, 0.717) is 0 Å². The Morgan fingerprint density at radius 3 is 2.85 bits per heavy atom. The molecule has 0 aromatic carbocycles. The highest BCUT2D eigenvalue weighted by atomic mass is 32.2. The molecule has 3 rings (SSSR count). The van der Waals surface area contributed by atoms with Gasteiger partial charge in [0.2, 0.25) is 0 Å². The first-order chi connectivity index (χ1) is 9.53. The fourth-order valence-electron chi connectivity index (χ4n) is 1.75. The normalized spacial score (nSPS) is 12.3. The van der Waals surface area contributed by atoms with Crippen LogP contribution >= 0.6 is 34.4 Å². The maximum absolute atomic E-state index is 4.72. The molecule has 3 heterocycles. The van der Waals surface area contributed by atoms with E-state index in [1.807, 2.05) is 11.6 Å². The SMILES string of the molecule is CC(C)(C)NCc1c(Sc2nccs2)nc2sccn12. The van der Waals surface area contributed by atoms with Gasteiger partial charge in [0.05, 0.1) is 5.69 Å². The first-order valence-electron chi connectivity index (χ1n) is 6.30. The van der Waals surface area contributed by atoms with Gasteiger partial charge in [0.15, 0.2) is 9.30 Å². The number of hydrogen-bond acceptors (Lipinski definition) is 6. The van der Waals surface area contributed by atoms with E-state index in [1.54, 1.807) is 34.4 Å². The van der Waals surface area contributed by atoms with Crippen LogP contribution in [0.1, 0.15) is 26.5 Å². The smallest absolute Gasteiger partial charge is 0.194 e. The molecule has 0 aliphatic carbocycles. The Morgan fingerprint density at radius 2 is 2.15 bits per heavy atom. The molecule has 0 spiro atoms. The summed E-state index contributed by atoms with van der Waals surface area (Å²) in [5, 5.41) is 8.65. The second kappa shape index (κ2) is 5.48. The van der Waals surface area contributed by atoms with Crippen LogP contribution in [0, 0.1) is 0 Å². The van der Waals surface area contributed by atoms with E-state index >= 15 is 0 Å². The number of fused-ring (bicyclic) bond motifs is 1. The zero-order chi connectivity index (χ0) is 14.2. The number of thiazole rings is 2. The van der Waals surface area contributed by atoms with Gasteiger partial charge >= 0.3 is 0 Å². The van der Waals surface area contributed by atoms with Crippen molar-refractivity contribution < 1.29 is 0 Å². The maximum atomic E-state index is 4.72. The summed E-state index contributed by atoms with van der Waals surface area (Å²) in [6.45, 7) is 7.32. The minimum absolute atomic E-state index is 0.0866. The first-order valence-corrected chi connectivity index (χ1v) is 8.87. The first kappa shape index (κ1) is 14.1. The quantitative estimate of drug-likeness (QED) is 0.790. The molecule has 0 saturated heterocycles. The zero-order valence-electron chi connectivity index (χ0n) is 11.6. The van der Waals surface area contributed by atoms with E-state index < -0.39 is 0 Å². The molecule has 20 heavy (non-hydrogen) atoms. The van der Waals surface area contributed by atoms with Crippen LogP contribution in [0.5, 0.6) is 0 Å². The molecule has 3 aromatic heterocycles. The minimum Gasteiger partial charge on any atom is -0.306 e. The largest absolute Gasteiger partial charge is 0.306 e. The molecule has 4 nitrogen and oxygen atoms in total. The van der Waals surface area contributed by atoms with Gasteiger partial charge in [0.25, 0.3) is 0 Å². The fraction of sp³-hybridized carbons (Fsp3) is 0.385. The summed E-state index contributed by atoms with van der Waals surface area (Å²) in [5.41, 5.74) is 1.29. The molecule has 0 unspecified atom stereocenters. The summed E-state index contributed by atoms with van der Waals surface area (Å²) in [4.78, 5) is 10.1. The van der Waals surface area contributed by atoms with Crippen LogP contribution in [0.2, 0.25) is 0 Å². The Labute approximate surface area is 130 Å². The van der Waals surface area contributed by atoms with Crippen LogP contribution in [0.15, 0.2) is 32.5 Å². The van der Waals surface area contributed by atoms with Gasteiger partial charge in [-0.3, -0.25) is 4.40 Å². The molecule has 0 aliphatic heterocycles. The van der Waals surface area contributed by atoms with Crippen molar-refractivity contribution in [3.05, 3.63) is 28.8 Å². The predicted octanol–water partition coefficient (Wildman–Crippen LogP) is 3.89. The van der Waals surface area contributed by atoms with Crippen LogP contribution in [-0.4, -0.2) is 19.9 Å². The summed E-state index contributed by atoms with van der Waals surface area (Å²) >= 11 is 4.95. The van der Waals surface area contributed by atoms with Crippen molar-refractivity contribution in [1.82, 2.24) is 19.7 Å². The number of hydrogen-bond donors (Lipinski definition) is 1. The van der Waals surface area contributed by atoms with Gasteiger partial charge in [0, 0.05) is 35.2 Å². The zero-order valence-corrected chi connectivity index (χ0v) is 14.0. The van der Waals surface area contributed by atoms with Crippen LogP contribution in [-0.2, 0) is 6.54 Å². The van der Waals surface area contributed by atoms with E-state index in [1.165, 1.54) is 5.69 Å². The summed E-state index contributed by atoms with van der Waals surface area (Å²) in [7, 11) is 0. The van der Waals surface area contributed by atoms with E-state index in [2.05, 4.69) is 47.0 Å². The number of aromatic nitrogens is 3. The third-order valence-electron chi connectivity index (χ3n) is 2.70. The number of rotatable bonds is 4. The number of nitrogens with one attached hydrogen (secondary N) is 1. The molecule has 0 atom stereocenters. The van der Waals surface area contributed by atoms with Gasteiger partial charge in [-0.1, -0.05) is 0 Å². The Kier molecular flexibility index (Phi) is 3.85. The molecule has 0 aliphatic rings. The standard InChI is InChI=1S/C13H16N4S3/c1-13(2,3)15-8-9-10(20-12-14-4-6-19-12)16-11-17(9)5-7-18-11/h4-7,15H,8H2,1-3H3. The lowest BCUT2D eigenvalue weighted by Crippen LogP contribution is -2.35. The van der Waals surface area contributed by atoms with Crippen molar-refractivity contribution >= 4 is 39.4 Å². The van der Waals surface area contributed by atoms with Crippen molar-refractivity contribution in [3.8, 4) is 0 Å². The fourth-order valence-corrected chi connectivity index (χ4v) is 4.19. The maximum Gasteiger partial charge on any atom is 0.194 e. The van der Waals surface area contributed by atoms with Crippen LogP contribution in [0.25, 0.3) is 4.96 Å². The topological polar surface area (TPSA) is 42.2 Å². The van der Waals surface area contributed by atoms with E-state index in [0.717, 1.165) is 20.9 Å². The second-order valence-electron chi connectivity index (χ2n) is 5.42. The van der Waals surface area contributed by atoms with Crippen molar-refractivity contribution in [3.63, 3.8) is 0 Å². The lowest BCUT2D eigenvalue weighted by atomic mass is 10.1. The third-order valence-corrected chi connectivity index (χ3v) is 5.36. The van der Waals surface area contributed by atoms with Gasteiger partial charge in [0.1, 0.15) is 5.03 Å². The summed E-state index contributed by atoms with van der Waals surface area (Å²) in [6.07, 6.45) is 3.91. The molecule has 0 saturated carbocycles. The van der Waals surface area contributed by atoms with Gasteiger partial charge in [-0.25, -0.2) is 9.97 Å². The molecular weight excluding hydrogens is 308 g/mol. The summed E-state index contributed by atoms with van der Waals surface area (Å²) in [5.74, 6) is 0. The lowest BCUT2D eigenvalue weighted by Gasteiger charge is -2.20. The number of nitrogens with zero attached hydrogens (tertiary/aromatic N) is 3. The van der Waals surface area contributed by atoms with Gasteiger partial charge in [-0.15, -0.1) is 22.7 Å². The van der Waals surface area contributed by atoms with Crippen molar-refractivity contribution in [2.24, 2.45) is 0 Å². The molecule has 0 bridgehead atoms. The molecule has 1 N–H and O–H groups in total. The third kappa shape index (κ3) is 3.06. The molecule has 0 fully saturated rings. The lowest BCUT2D eigenvalue weighted by molar-refractivity contribution is 0.418. The Hall–Kier alpha value is -0.890. The monoisotopic (exact) mass is 324 g/mol. The number of imidazole rings is 1. The van der Waals surface area contributed by atoms with E-state index in [4.69, 9.17) is 4.98 Å². The van der Waals surface area contributed by atoms with Gasteiger partial charge in [-0.2, -0.15) is 0 Å². The van der Waals surface area contributed by atoms with Gasteiger partial charge in [-0.05, 0) is 32.5 Å². The summed E-state index contributed by atoms with van der Waals surface area (Å²) in [6, 6.07) is 0. The average Bonchev–Trinajstić information content (AvgIpc) is 3.03. The van der Waals surface area contributed by atoms with Crippen molar-refractivity contribution in [2.45, 2.75) is 42.2 Å². The van der Waals surface area contributed by atoms with Gasteiger partial charge < -0.3 is 5.32 Å². The minimum atomic E-state index is 0.0866. The predicted molar refractivity (Wildman–Crippen MR) is 85.9 cm³/mol. The van der Waals surface area contributed by atoms with Crippen LogP contribution in [0.4, 0.5) is 0 Å². The Balaban J connectivity index is 1.92. The summed E-state index contributed by atoms with van der Waals surface area (Å²) < 4.78 is 3.20. The highest BCUT2D eigenvalue weighted by Crippen LogP contribution is 2.33. The Bertz CT molecular complexity index is 691. The van der Waals surface area contributed by atoms with E-state index in [-0.39, 0.29) is 5.54 Å². The second-order valence-corrected chi connectivity index (χ2v) is 8.43. The van der Waals surface area contributed by atoms with Crippen LogP contribution in [0.3, 0.4) is 0 Å².